The topological polar surface area (TPSA) is 0 Å². The Morgan fingerprint density at radius 1 is 0.524 bits per heavy atom. The van der Waals surface area contributed by atoms with Gasteiger partial charge in [0.05, 0.1) is 0 Å². The van der Waals surface area contributed by atoms with Crippen LogP contribution in [0.1, 0.15) is 123 Å². The van der Waals surface area contributed by atoms with Gasteiger partial charge in [0, 0.05) is 0 Å². The molecule has 0 aromatic carbocycles. The van der Waals surface area contributed by atoms with Gasteiger partial charge < -0.3 is 0 Å². The van der Waals surface area contributed by atoms with E-state index in [0.29, 0.717) is 0 Å². The molecule has 0 aromatic rings. The van der Waals surface area contributed by atoms with Gasteiger partial charge in [-0.2, -0.15) is 0 Å². The van der Waals surface area contributed by atoms with E-state index in [1.54, 1.807) is 0 Å². The third-order valence-electron chi connectivity index (χ3n) is 4.38. The standard InChI is InChI=1S/C20H40S/c1-3-4-5-6-7-8-9-10-11-12-13-14-15-16-17-18-19-20(2)21/h3-19H2,1-2H3. The van der Waals surface area contributed by atoms with Gasteiger partial charge in [0.2, 0.25) is 0 Å². The molecule has 0 nitrogen and oxygen atoms in total. The zero-order valence-electron chi connectivity index (χ0n) is 14.9. The minimum absolute atomic E-state index is 1.16. The number of rotatable bonds is 17. The van der Waals surface area contributed by atoms with Crippen molar-refractivity contribution in [2.45, 2.75) is 123 Å². The molecule has 0 saturated heterocycles. The molecular formula is C20H40S. The quantitative estimate of drug-likeness (QED) is 0.193. The van der Waals surface area contributed by atoms with Gasteiger partial charge in [0.1, 0.15) is 0 Å². The van der Waals surface area contributed by atoms with Gasteiger partial charge in [-0.05, 0) is 24.6 Å². The Hall–Kier alpha value is 0.0900. The van der Waals surface area contributed by atoms with Crippen LogP contribution in [0.5, 0.6) is 0 Å². The fourth-order valence-corrected chi connectivity index (χ4v) is 3.07. The van der Waals surface area contributed by atoms with Crippen molar-refractivity contribution in [3.05, 3.63) is 0 Å². The van der Waals surface area contributed by atoms with Crippen molar-refractivity contribution in [3.8, 4) is 0 Å². The van der Waals surface area contributed by atoms with Gasteiger partial charge in [-0.3, -0.25) is 0 Å². The summed E-state index contributed by atoms with van der Waals surface area (Å²) in [5.41, 5.74) is 0. The largest absolute Gasteiger partial charge is 0.0900 e. The molecule has 0 saturated carbocycles. The second kappa shape index (κ2) is 18.1. The maximum Gasteiger partial charge on any atom is -0.0102 e. The summed E-state index contributed by atoms with van der Waals surface area (Å²) in [6.07, 6.45) is 24.2. The molecule has 0 aliphatic heterocycles. The monoisotopic (exact) mass is 312 g/mol. The van der Waals surface area contributed by atoms with E-state index < -0.39 is 0 Å². The molecule has 0 heterocycles. The summed E-state index contributed by atoms with van der Waals surface area (Å²) in [5, 5.41) is 0. The van der Waals surface area contributed by atoms with Crippen molar-refractivity contribution in [2.75, 3.05) is 0 Å². The fourth-order valence-electron chi connectivity index (χ4n) is 2.92. The van der Waals surface area contributed by atoms with Crippen LogP contribution in [0.3, 0.4) is 0 Å². The first-order valence-corrected chi connectivity index (χ1v) is 10.2. The number of hydrogen-bond donors (Lipinski definition) is 0. The van der Waals surface area contributed by atoms with Gasteiger partial charge in [0.25, 0.3) is 0 Å². The number of thiocarbonyl (C=S) groups is 1. The van der Waals surface area contributed by atoms with Crippen molar-refractivity contribution < 1.29 is 0 Å². The van der Waals surface area contributed by atoms with E-state index in [1.165, 1.54) is 108 Å². The molecule has 21 heavy (non-hydrogen) atoms. The Morgan fingerprint density at radius 2 is 0.810 bits per heavy atom. The summed E-state index contributed by atoms with van der Waals surface area (Å²) in [5.74, 6) is 0. The normalized spacial score (nSPS) is 11.0. The molecular weight excluding hydrogens is 272 g/mol. The maximum atomic E-state index is 5.10. The number of hydrogen-bond acceptors (Lipinski definition) is 1. The van der Waals surface area contributed by atoms with E-state index in [9.17, 15) is 0 Å². The molecule has 1 heteroatoms. The van der Waals surface area contributed by atoms with E-state index in [4.69, 9.17) is 12.2 Å². The van der Waals surface area contributed by atoms with Gasteiger partial charge in [-0.1, -0.05) is 115 Å². The van der Waals surface area contributed by atoms with Crippen LogP contribution < -0.4 is 0 Å². The molecule has 0 amide bonds. The summed E-state index contributed by atoms with van der Waals surface area (Å²) in [6, 6.07) is 0. The van der Waals surface area contributed by atoms with Gasteiger partial charge in [-0.25, -0.2) is 0 Å². The lowest BCUT2D eigenvalue weighted by molar-refractivity contribution is 0.530. The third kappa shape index (κ3) is 20.1. The highest BCUT2D eigenvalue weighted by Crippen LogP contribution is 2.14. The Bertz CT molecular complexity index is 210. The highest BCUT2D eigenvalue weighted by molar-refractivity contribution is 7.80. The highest BCUT2D eigenvalue weighted by atomic mass is 32.1. The van der Waals surface area contributed by atoms with Crippen LogP contribution >= 0.6 is 12.2 Å². The molecule has 0 aliphatic carbocycles. The SMILES string of the molecule is CCCCCCCCCCCCCCCCCCC(C)=S. The Kier molecular flexibility index (Phi) is 18.2. The van der Waals surface area contributed by atoms with Crippen LogP contribution in [0.2, 0.25) is 0 Å². The average Bonchev–Trinajstić information content (AvgIpc) is 2.46. The van der Waals surface area contributed by atoms with Crippen LogP contribution in [0.4, 0.5) is 0 Å². The molecule has 0 unspecified atom stereocenters. The first-order valence-electron chi connectivity index (χ1n) is 9.76. The summed E-state index contributed by atoms with van der Waals surface area (Å²) in [6.45, 7) is 4.36. The second-order valence-corrected chi connectivity index (χ2v) is 7.45. The first-order chi connectivity index (χ1) is 10.3. The van der Waals surface area contributed by atoms with E-state index in [0.717, 1.165) is 6.42 Å². The third-order valence-corrected chi connectivity index (χ3v) is 4.59. The van der Waals surface area contributed by atoms with E-state index >= 15 is 0 Å². The molecule has 0 aliphatic rings. The van der Waals surface area contributed by atoms with Crippen LogP contribution in [0.25, 0.3) is 0 Å². The van der Waals surface area contributed by atoms with Gasteiger partial charge in [-0.15, -0.1) is 0 Å². The smallest absolute Gasteiger partial charge is 0.0102 e. The summed E-state index contributed by atoms with van der Waals surface area (Å²) < 4.78 is 0. The predicted molar refractivity (Wildman–Crippen MR) is 102 cm³/mol. The Balaban J connectivity index is 2.95. The van der Waals surface area contributed by atoms with Crippen LogP contribution in [-0.2, 0) is 0 Å². The minimum Gasteiger partial charge on any atom is -0.0900 e. The van der Waals surface area contributed by atoms with Crippen LogP contribution in [0, 0.1) is 0 Å². The van der Waals surface area contributed by atoms with Crippen molar-refractivity contribution in [1.29, 1.82) is 0 Å². The zero-order valence-corrected chi connectivity index (χ0v) is 15.7. The van der Waals surface area contributed by atoms with Crippen LogP contribution in [-0.4, -0.2) is 4.86 Å². The maximum absolute atomic E-state index is 5.10. The van der Waals surface area contributed by atoms with Crippen molar-refractivity contribution >= 4 is 17.1 Å². The highest BCUT2D eigenvalue weighted by Gasteiger charge is 1.95. The second-order valence-electron chi connectivity index (χ2n) is 6.76. The van der Waals surface area contributed by atoms with Crippen molar-refractivity contribution in [1.82, 2.24) is 0 Å². The molecule has 0 aromatic heterocycles. The van der Waals surface area contributed by atoms with Gasteiger partial charge >= 0.3 is 0 Å². The molecule has 126 valence electrons. The summed E-state index contributed by atoms with van der Waals surface area (Å²) in [4.78, 5) is 1.18. The molecule has 0 N–H and O–H groups in total. The fraction of sp³-hybridized carbons (Fsp3) is 0.950. The first kappa shape index (κ1) is 21.1. The molecule has 0 fully saturated rings. The average molecular weight is 313 g/mol. The Morgan fingerprint density at radius 3 is 1.10 bits per heavy atom. The van der Waals surface area contributed by atoms with E-state index in [1.807, 2.05) is 0 Å². The van der Waals surface area contributed by atoms with Crippen LogP contribution in [0.15, 0.2) is 0 Å². The lowest BCUT2D eigenvalue weighted by Gasteiger charge is -2.03. The lowest BCUT2D eigenvalue weighted by atomic mass is 10.0. The molecule has 0 bridgehead atoms. The van der Waals surface area contributed by atoms with Gasteiger partial charge in [0.15, 0.2) is 0 Å². The van der Waals surface area contributed by atoms with E-state index in [-0.39, 0.29) is 0 Å². The molecule has 0 atom stereocenters. The van der Waals surface area contributed by atoms with Crippen molar-refractivity contribution in [3.63, 3.8) is 0 Å². The van der Waals surface area contributed by atoms with Crippen molar-refractivity contribution in [2.24, 2.45) is 0 Å². The van der Waals surface area contributed by atoms with E-state index in [2.05, 4.69) is 13.8 Å². The summed E-state index contributed by atoms with van der Waals surface area (Å²) >= 11 is 5.10. The minimum atomic E-state index is 1.16. The molecule has 0 radical (unpaired) electrons. The number of unbranched alkanes of at least 4 members (excludes halogenated alkanes) is 15. The predicted octanol–water partition coefficient (Wildman–Crippen LogP) is 8.03. The Labute approximate surface area is 140 Å². The summed E-state index contributed by atoms with van der Waals surface area (Å²) in [7, 11) is 0. The zero-order chi connectivity index (χ0) is 15.6. The molecule has 0 spiro atoms. The lowest BCUT2D eigenvalue weighted by Crippen LogP contribution is -1.87. The molecule has 0 rings (SSSR count).